The summed E-state index contributed by atoms with van der Waals surface area (Å²) in [4.78, 5) is 0. The summed E-state index contributed by atoms with van der Waals surface area (Å²) in [5.41, 5.74) is 0.887. The zero-order valence-electron chi connectivity index (χ0n) is 9.64. The third-order valence-corrected chi connectivity index (χ3v) is 4.61. The highest BCUT2D eigenvalue weighted by Gasteiger charge is 2.17. The summed E-state index contributed by atoms with van der Waals surface area (Å²) >= 11 is 11.8. The molecule has 1 unspecified atom stereocenters. The lowest BCUT2D eigenvalue weighted by Crippen LogP contribution is -2.03. The summed E-state index contributed by atoms with van der Waals surface area (Å²) in [5, 5.41) is -0.476. The fourth-order valence-corrected chi connectivity index (χ4v) is 3.38. The third kappa shape index (κ3) is 3.67. The molecule has 100 valence electrons. The topological polar surface area (TPSA) is 0 Å². The average Bonchev–Trinajstić information content (AvgIpc) is 2.37. The van der Waals surface area contributed by atoms with Gasteiger partial charge in [-0.25, -0.2) is 8.78 Å². The van der Waals surface area contributed by atoms with Crippen LogP contribution >= 0.6 is 50.1 Å². The van der Waals surface area contributed by atoms with Gasteiger partial charge in [-0.15, -0.1) is 11.6 Å². The maximum atomic E-state index is 13.6. The Morgan fingerprint density at radius 1 is 1.16 bits per heavy atom. The summed E-state index contributed by atoms with van der Waals surface area (Å²) in [5.74, 6) is -1.12. The van der Waals surface area contributed by atoms with Crippen LogP contribution in [0.2, 0.25) is 0 Å². The highest BCUT2D eigenvalue weighted by molar-refractivity contribution is 14.1. The molecule has 0 fully saturated rings. The van der Waals surface area contributed by atoms with Gasteiger partial charge in [0.2, 0.25) is 0 Å². The van der Waals surface area contributed by atoms with E-state index in [1.165, 1.54) is 18.2 Å². The molecule has 2 rings (SSSR count). The lowest BCUT2D eigenvalue weighted by Gasteiger charge is -2.13. The van der Waals surface area contributed by atoms with Crippen molar-refractivity contribution in [3.63, 3.8) is 0 Å². The van der Waals surface area contributed by atoms with Crippen molar-refractivity contribution >= 4 is 50.1 Å². The molecule has 0 nitrogen and oxygen atoms in total. The Labute approximate surface area is 137 Å². The molecule has 2 aromatic carbocycles. The first kappa shape index (κ1) is 15.2. The van der Waals surface area contributed by atoms with Crippen LogP contribution in [0.5, 0.6) is 0 Å². The van der Waals surface area contributed by atoms with Crippen molar-refractivity contribution in [2.24, 2.45) is 0 Å². The van der Waals surface area contributed by atoms with Gasteiger partial charge in [0.15, 0.2) is 0 Å². The zero-order chi connectivity index (χ0) is 14.0. The SMILES string of the molecule is Fc1cccc(F)c1CC(Cl)c1cc(Br)ccc1I. The summed E-state index contributed by atoms with van der Waals surface area (Å²) in [6.07, 6.45) is 0.118. The van der Waals surface area contributed by atoms with Crippen LogP contribution in [-0.2, 0) is 6.42 Å². The van der Waals surface area contributed by atoms with Gasteiger partial charge in [-0.3, -0.25) is 0 Å². The predicted octanol–water partition coefficient (Wildman–Crippen LogP) is 5.85. The molecule has 0 aromatic heterocycles. The molecule has 2 aromatic rings. The van der Waals surface area contributed by atoms with Crippen LogP contribution in [-0.4, -0.2) is 0 Å². The smallest absolute Gasteiger partial charge is 0.129 e. The fraction of sp³-hybridized carbons (Fsp3) is 0.143. The van der Waals surface area contributed by atoms with E-state index in [-0.39, 0.29) is 12.0 Å². The Bertz CT molecular complexity index is 584. The van der Waals surface area contributed by atoms with E-state index >= 15 is 0 Å². The first-order chi connectivity index (χ1) is 8.99. The monoisotopic (exact) mass is 456 g/mol. The first-order valence-electron chi connectivity index (χ1n) is 5.51. The Kier molecular flexibility index (Phi) is 5.20. The molecule has 0 spiro atoms. The van der Waals surface area contributed by atoms with E-state index in [9.17, 15) is 8.78 Å². The van der Waals surface area contributed by atoms with Crippen LogP contribution in [0.1, 0.15) is 16.5 Å². The number of alkyl halides is 1. The zero-order valence-corrected chi connectivity index (χ0v) is 14.1. The maximum Gasteiger partial charge on any atom is 0.129 e. The van der Waals surface area contributed by atoms with E-state index in [1.54, 1.807) is 0 Å². The van der Waals surface area contributed by atoms with Gasteiger partial charge in [-0.2, -0.15) is 0 Å². The van der Waals surface area contributed by atoms with Crippen molar-refractivity contribution < 1.29 is 8.78 Å². The third-order valence-electron chi connectivity index (χ3n) is 2.74. The van der Waals surface area contributed by atoms with Crippen molar-refractivity contribution in [2.75, 3.05) is 0 Å². The molecule has 5 heteroatoms. The minimum atomic E-state index is -0.560. The van der Waals surface area contributed by atoms with Crippen LogP contribution in [0.4, 0.5) is 8.78 Å². The van der Waals surface area contributed by atoms with Crippen LogP contribution in [0.3, 0.4) is 0 Å². The highest BCUT2D eigenvalue weighted by Crippen LogP contribution is 2.32. The molecule has 0 amide bonds. The van der Waals surface area contributed by atoms with E-state index in [0.29, 0.717) is 0 Å². The molecule has 0 aliphatic heterocycles. The van der Waals surface area contributed by atoms with Crippen molar-refractivity contribution in [3.8, 4) is 0 Å². The van der Waals surface area contributed by atoms with Gasteiger partial charge in [0.25, 0.3) is 0 Å². The van der Waals surface area contributed by atoms with Crippen LogP contribution < -0.4 is 0 Å². The molecule has 0 saturated heterocycles. The molecule has 0 bridgehead atoms. The summed E-state index contributed by atoms with van der Waals surface area (Å²) < 4.78 is 29.1. The van der Waals surface area contributed by atoms with Gasteiger partial charge in [-0.05, 0) is 64.9 Å². The summed E-state index contributed by atoms with van der Waals surface area (Å²) in [6, 6.07) is 9.52. The second-order valence-corrected chi connectivity index (χ2v) is 6.64. The number of rotatable bonds is 3. The lowest BCUT2D eigenvalue weighted by atomic mass is 10.0. The minimum Gasteiger partial charge on any atom is -0.207 e. The molecule has 0 heterocycles. The van der Waals surface area contributed by atoms with Crippen molar-refractivity contribution in [3.05, 3.63) is 67.2 Å². The van der Waals surface area contributed by atoms with E-state index in [2.05, 4.69) is 38.5 Å². The van der Waals surface area contributed by atoms with E-state index in [1.807, 2.05) is 18.2 Å². The molecular formula is C14H9BrClF2I. The largest absolute Gasteiger partial charge is 0.207 e. The predicted molar refractivity (Wildman–Crippen MR) is 85.5 cm³/mol. The van der Waals surface area contributed by atoms with Gasteiger partial charge in [0.1, 0.15) is 11.6 Å². The Balaban J connectivity index is 2.31. The Morgan fingerprint density at radius 3 is 2.42 bits per heavy atom. The lowest BCUT2D eigenvalue weighted by molar-refractivity contribution is 0.553. The molecule has 0 saturated carbocycles. The molecule has 1 atom stereocenters. The quantitative estimate of drug-likeness (QED) is 0.400. The standard InChI is InChI=1S/C14H9BrClF2I/c15-8-4-5-14(19)9(6-8)11(16)7-10-12(17)2-1-3-13(10)18/h1-6,11H,7H2. The summed E-state index contributed by atoms with van der Waals surface area (Å²) in [6.45, 7) is 0. The van der Waals surface area contributed by atoms with Crippen LogP contribution in [0.15, 0.2) is 40.9 Å². The Hall–Kier alpha value is -0.200. The van der Waals surface area contributed by atoms with Crippen molar-refractivity contribution in [1.29, 1.82) is 0 Å². The molecule has 0 aliphatic rings. The second kappa shape index (κ2) is 6.50. The molecule has 0 aliphatic carbocycles. The van der Waals surface area contributed by atoms with Gasteiger partial charge >= 0.3 is 0 Å². The average molecular weight is 457 g/mol. The van der Waals surface area contributed by atoms with E-state index in [0.717, 1.165) is 13.6 Å². The first-order valence-corrected chi connectivity index (χ1v) is 7.81. The Morgan fingerprint density at radius 2 is 1.79 bits per heavy atom. The normalized spacial score (nSPS) is 12.5. The van der Waals surface area contributed by atoms with Crippen molar-refractivity contribution in [2.45, 2.75) is 11.8 Å². The molecule has 0 radical (unpaired) electrons. The number of hydrogen-bond donors (Lipinski definition) is 0. The van der Waals surface area contributed by atoms with Crippen LogP contribution in [0.25, 0.3) is 0 Å². The fourth-order valence-electron chi connectivity index (χ4n) is 1.77. The molecule has 19 heavy (non-hydrogen) atoms. The minimum absolute atomic E-state index is 0.0262. The van der Waals surface area contributed by atoms with Crippen LogP contribution in [0, 0.1) is 15.2 Å². The van der Waals surface area contributed by atoms with Gasteiger partial charge in [0, 0.05) is 13.6 Å². The highest BCUT2D eigenvalue weighted by atomic mass is 127. The van der Waals surface area contributed by atoms with E-state index in [4.69, 9.17) is 11.6 Å². The summed E-state index contributed by atoms with van der Waals surface area (Å²) in [7, 11) is 0. The van der Waals surface area contributed by atoms with Gasteiger partial charge in [-0.1, -0.05) is 22.0 Å². The second-order valence-electron chi connectivity index (χ2n) is 4.04. The number of hydrogen-bond acceptors (Lipinski definition) is 0. The van der Waals surface area contributed by atoms with E-state index < -0.39 is 17.0 Å². The molecular weight excluding hydrogens is 448 g/mol. The number of halogens is 5. The maximum absolute atomic E-state index is 13.6. The van der Waals surface area contributed by atoms with Gasteiger partial charge < -0.3 is 0 Å². The van der Waals surface area contributed by atoms with Gasteiger partial charge in [0.05, 0.1) is 5.38 Å². The number of benzene rings is 2. The molecule has 0 N–H and O–H groups in total. The van der Waals surface area contributed by atoms with Crippen molar-refractivity contribution in [1.82, 2.24) is 0 Å².